The molecule has 5 nitrogen and oxygen atoms in total. The van der Waals surface area contributed by atoms with Gasteiger partial charge in [-0.3, -0.25) is 4.79 Å². The molecular weight excluding hydrogens is 348 g/mol. The summed E-state index contributed by atoms with van der Waals surface area (Å²) in [5.41, 5.74) is 2.18. The van der Waals surface area contributed by atoms with Gasteiger partial charge in [0.1, 0.15) is 0 Å². The molecule has 1 aromatic heterocycles. The predicted octanol–water partition coefficient (Wildman–Crippen LogP) is 3.13. The van der Waals surface area contributed by atoms with Gasteiger partial charge >= 0.3 is 0 Å². The minimum Gasteiger partial charge on any atom is -0.345 e. The molecule has 0 aliphatic carbocycles. The number of fused-ring (bicyclic) bond motifs is 1. The van der Waals surface area contributed by atoms with E-state index < -0.39 is 9.84 Å². The summed E-state index contributed by atoms with van der Waals surface area (Å²) in [6.07, 6.45) is 4.26. The van der Waals surface area contributed by atoms with Crippen LogP contribution >= 0.6 is 0 Å². The van der Waals surface area contributed by atoms with Gasteiger partial charge < -0.3 is 9.88 Å². The van der Waals surface area contributed by atoms with Gasteiger partial charge in [0.15, 0.2) is 9.84 Å². The van der Waals surface area contributed by atoms with Gasteiger partial charge in [0.25, 0.3) is 5.91 Å². The molecule has 0 spiro atoms. The van der Waals surface area contributed by atoms with Gasteiger partial charge in [-0.2, -0.15) is 0 Å². The van der Waals surface area contributed by atoms with Crippen LogP contribution in [0.2, 0.25) is 0 Å². The normalized spacial score (nSPS) is 18.1. The Morgan fingerprint density at radius 1 is 0.962 bits per heavy atom. The van der Waals surface area contributed by atoms with Gasteiger partial charge in [-0.1, -0.05) is 18.2 Å². The third kappa shape index (κ3) is 3.04. The van der Waals surface area contributed by atoms with Crippen LogP contribution in [0.25, 0.3) is 5.69 Å². The number of hydrogen-bond donors (Lipinski definition) is 1. The Bertz CT molecular complexity index is 1040. The first-order valence-corrected chi connectivity index (χ1v) is 10.1. The Balaban J connectivity index is 1.55. The zero-order chi connectivity index (χ0) is 18.1. The maximum atomic E-state index is 12.6. The van der Waals surface area contributed by atoms with Gasteiger partial charge in [0.2, 0.25) is 0 Å². The molecule has 0 saturated carbocycles. The number of carbonyl (C=O) groups excluding carboxylic acids is 1. The van der Waals surface area contributed by atoms with Crippen molar-refractivity contribution in [3.8, 4) is 5.69 Å². The van der Waals surface area contributed by atoms with E-state index in [2.05, 4.69) is 5.32 Å². The van der Waals surface area contributed by atoms with Crippen LogP contribution in [-0.4, -0.2) is 24.6 Å². The summed E-state index contributed by atoms with van der Waals surface area (Å²) >= 11 is 0. The SMILES string of the molecule is O=C(N[C@@H]1CCS(=O)(=O)c2ccccc21)c1ccc(-n2cccc2)cc1. The molecule has 132 valence electrons. The molecule has 0 fully saturated rings. The molecule has 1 N–H and O–H groups in total. The highest BCUT2D eigenvalue weighted by Crippen LogP contribution is 2.32. The number of hydrogen-bond acceptors (Lipinski definition) is 3. The zero-order valence-electron chi connectivity index (χ0n) is 14.0. The largest absolute Gasteiger partial charge is 0.345 e. The molecular formula is C20H18N2O3S. The number of sulfone groups is 1. The van der Waals surface area contributed by atoms with Crippen LogP contribution in [0.4, 0.5) is 0 Å². The number of rotatable bonds is 3. The average molecular weight is 366 g/mol. The van der Waals surface area contributed by atoms with Crippen molar-refractivity contribution >= 4 is 15.7 Å². The number of benzene rings is 2. The van der Waals surface area contributed by atoms with Crippen LogP contribution in [0.5, 0.6) is 0 Å². The molecule has 1 atom stereocenters. The number of nitrogens with one attached hydrogen (secondary N) is 1. The zero-order valence-corrected chi connectivity index (χ0v) is 14.8. The van der Waals surface area contributed by atoms with Crippen molar-refractivity contribution in [2.45, 2.75) is 17.4 Å². The van der Waals surface area contributed by atoms with Gasteiger partial charge in [-0.25, -0.2) is 8.42 Å². The maximum absolute atomic E-state index is 12.6. The van der Waals surface area contributed by atoms with Gasteiger partial charge in [0.05, 0.1) is 16.7 Å². The summed E-state index contributed by atoms with van der Waals surface area (Å²) in [5.74, 6) is -0.162. The Hall–Kier alpha value is -2.86. The van der Waals surface area contributed by atoms with E-state index in [9.17, 15) is 13.2 Å². The molecule has 0 bridgehead atoms. The average Bonchev–Trinajstić information content (AvgIpc) is 3.19. The first kappa shape index (κ1) is 16.6. The lowest BCUT2D eigenvalue weighted by atomic mass is 10.0. The molecule has 3 aromatic rings. The fourth-order valence-electron chi connectivity index (χ4n) is 3.27. The van der Waals surface area contributed by atoms with Gasteiger partial charge in [-0.15, -0.1) is 0 Å². The van der Waals surface area contributed by atoms with Crippen molar-refractivity contribution in [2.75, 3.05) is 5.75 Å². The Labute approximate surface area is 152 Å². The molecule has 1 amide bonds. The number of nitrogens with zero attached hydrogens (tertiary/aromatic N) is 1. The molecule has 2 aromatic carbocycles. The third-order valence-corrected chi connectivity index (χ3v) is 6.46. The summed E-state index contributed by atoms with van der Waals surface area (Å²) in [6.45, 7) is 0. The van der Waals surface area contributed by atoms with E-state index in [1.807, 2.05) is 41.2 Å². The van der Waals surface area contributed by atoms with E-state index in [4.69, 9.17) is 0 Å². The molecule has 1 aliphatic heterocycles. The first-order valence-electron chi connectivity index (χ1n) is 8.40. The monoisotopic (exact) mass is 366 g/mol. The molecule has 2 heterocycles. The molecule has 6 heteroatoms. The molecule has 4 rings (SSSR count). The van der Waals surface area contributed by atoms with Crippen molar-refractivity contribution in [1.29, 1.82) is 0 Å². The van der Waals surface area contributed by atoms with Crippen LogP contribution in [0.1, 0.15) is 28.4 Å². The summed E-state index contributed by atoms with van der Waals surface area (Å²) in [6, 6.07) is 17.8. The Morgan fingerprint density at radius 3 is 2.38 bits per heavy atom. The van der Waals surface area contributed by atoms with Crippen LogP contribution < -0.4 is 5.32 Å². The Kier molecular flexibility index (Phi) is 4.12. The van der Waals surface area contributed by atoms with Crippen LogP contribution in [0.3, 0.4) is 0 Å². The predicted molar refractivity (Wildman–Crippen MR) is 99.1 cm³/mol. The lowest BCUT2D eigenvalue weighted by Gasteiger charge is -2.26. The quantitative estimate of drug-likeness (QED) is 0.774. The smallest absolute Gasteiger partial charge is 0.251 e. The molecule has 1 aliphatic rings. The number of carbonyl (C=O) groups is 1. The van der Waals surface area contributed by atoms with Crippen LogP contribution in [-0.2, 0) is 9.84 Å². The second-order valence-corrected chi connectivity index (χ2v) is 8.39. The van der Waals surface area contributed by atoms with Crippen LogP contribution in [0.15, 0.2) is 78.0 Å². The van der Waals surface area contributed by atoms with Crippen LogP contribution in [0, 0.1) is 0 Å². The highest BCUT2D eigenvalue weighted by Gasteiger charge is 2.30. The standard InChI is InChI=1S/C20H18N2O3S/c23-20(15-7-9-16(10-8-15)22-12-3-4-13-22)21-18-11-14-26(24,25)19-6-2-1-5-17(18)19/h1-10,12-13,18H,11,14H2,(H,21,23)/t18-/m1/s1. The van der Waals surface area contributed by atoms with Gasteiger partial charge in [-0.05, 0) is 54.4 Å². The van der Waals surface area contributed by atoms with E-state index in [1.165, 1.54) is 0 Å². The molecule has 0 radical (unpaired) electrons. The third-order valence-electron chi connectivity index (χ3n) is 4.64. The minimum atomic E-state index is -3.26. The number of aromatic nitrogens is 1. The number of amides is 1. The fraction of sp³-hybridized carbons (Fsp3) is 0.150. The van der Waals surface area contributed by atoms with Crippen molar-refractivity contribution in [3.63, 3.8) is 0 Å². The van der Waals surface area contributed by atoms with E-state index in [0.29, 0.717) is 22.4 Å². The maximum Gasteiger partial charge on any atom is 0.251 e. The van der Waals surface area contributed by atoms with E-state index >= 15 is 0 Å². The summed E-state index contributed by atoms with van der Waals surface area (Å²) in [4.78, 5) is 12.9. The molecule has 26 heavy (non-hydrogen) atoms. The molecule has 0 saturated heterocycles. The van der Waals surface area contributed by atoms with Crippen molar-refractivity contribution in [1.82, 2.24) is 9.88 Å². The van der Waals surface area contributed by atoms with Crippen molar-refractivity contribution in [3.05, 3.63) is 84.2 Å². The highest BCUT2D eigenvalue weighted by atomic mass is 32.2. The van der Waals surface area contributed by atoms with Crippen molar-refractivity contribution in [2.24, 2.45) is 0 Å². The fourth-order valence-corrected chi connectivity index (χ4v) is 4.89. The minimum absolute atomic E-state index is 0.0432. The first-order chi connectivity index (χ1) is 12.5. The summed E-state index contributed by atoms with van der Waals surface area (Å²) in [5, 5.41) is 2.97. The second-order valence-electron chi connectivity index (χ2n) is 6.31. The Morgan fingerprint density at radius 2 is 1.65 bits per heavy atom. The summed E-state index contributed by atoms with van der Waals surface area (Å²) in [7, 11) is -3.26. The second kappa shape index (κ2) is 6.46. The lowest BCUT2D eigenvalue weighted by Crippen LogP contribution is -2.33. The van der Waals surface area contributed by atoms with E-state index in [1.54, 1.807) is 36.4 Å². The molecule has 0 unspecified atom stereocenters. The highest BCUT2D eigenvalue weighted by molar-refractivity contribution is 7.91. The van der Waals surface area contributed by atoms with Gasteiger partial charge in [0, 0.05) is 23.6 Å². The summed E-state index contributed by atoms with van der Waals surface area (Å²) < 4.78 is 26.4. The van der Waals surface area contributed by atoms with Crippen molar-refractivity contribution < 1.29 is 13.2 Å². The topological polar surface area (TPSA) is 68.2 Å². The van der Waals surface area contributed by atoms with E-state index in [0.717, 1.165) is 5.69 Å². The van der Waals surface area contributed by atoms with E-state index in [-0.39, 0.29) is 17.7 Å². The lowest BCUT2D eigenvalue weighted by molar-refractivity contribution is 0.0934.